The van der Waals surface area contributed by atoms with Crippen LogP contribution in [0.1, 0.15) is 18.5 Å². The van der Waals surface area contributed by atoms with Gasteiger partial charge in [0.2, 0.25) is 5.95 Å². The topological polar surface area (TPSA) is 70.1 Å². The first kappa shape index (κ1) is 15.5. The molecule has 0 bridgehead atoms. The van der Waals surface area contributed by atoms with E-state index in [0.717, 1.165) is 43.3 Å². The Bertz CT molecular complexity index is 658. The van der Waals surface area contributed by atoms with Gasteiger partial charge >= 0.3 is 0 Å². The molecule has 0 spiro atoms. The monoisotopic (exact) mass is 313 g/mol. The van der Waals surface area contributed by atoms with Crippen molar-refractivity contribution in [1.29, 1.82) is 0 Å². The average molecular weight is 313 g/mol. The fraction of sp³-hybridized carbons (Fsp3) is 0.500. The minimum absolute atomic E-state index is 0.343. The minimum atomic E-state index is 0.343. The summed E-state index contributed by atoms with van der Waals surface area (Å²) in [5.74, 6) is 2.53. The summed E-state index contributed by atoms with van der Waals surface area (Å²) in [6.07, 6.45) is 7.66. The summed E-state index contributed by atoms with van der Waals surface area (Å²) in [6, 6.07) is 2.26. The highest BCUT2D eigenvalue weighted by Gasteiger charge is 2.21. The predicted molar refractivity (Wildman–Crippen MR) is 92.0 cm³/mol. The van der Waals surface area contributed by atoms with E-state index in [2.05, 4.69) is 30.2 Å². The van der Waals surface area contributed by atoms with Crippen molar-refractivity contribution in [2.24, 2.45) is 0 Å². The van der Waals surface area contributed by atoms with Gasteiger partial charge in [0.1, 0.15) is 11.6 Å². The van der Waals surface area contributed by atoms with Gasteiger partial charge in [-0.1, -0.05) is 0 Å². The lowest BCUT2D eigenvalue weighted by molar-refractivity contribution is 0.524. The summed E-state index contributed by atoms with van der Waals surface area (Å²) in [7, 11) is 3.88. The Morgan fingerprint density at radius 1 is 1.26 bits per heavy atom. The van der Waals surface area contributed by atoms with Gasteiger partial charge in [-0.05, 0) is 25.8 Å². The van der Waals surface area contributed by atoms with Crippen molar-refractivity contribution in [3.8, 4) is 0 Å². The summed E-state index contributed by atoms with van der Waals surface area (Å²) in [6.45, 7) is 3.89. The maximum Gasteiger partial charge on any atom is 0.226 e. The molecule has 2 aromatic rings. The number of aryl methyl sites for hydroxylation is 1. The Labute approximate surface area is 136 Å². The van der Waals surface area contributed by atoms with Crippen molar-refractivity contribution in [1.82, 2.24) is 19.9 Å². The van der Waals surface area contributed by atoms with Gasteiger partial charge in [0.05, 0.1) is 11.9 Å². The van der Waals surface area contributed by atoms with Gasteiger partial charge < -0.3 is 15.1 Å². The summed E-state index contributed by atoms with van der Waals surface area (Å²) < 4.78 is 0. The molecule has 3 heterocycles. The summed E-state index contributed by atoms with van der Waals surface area (Å²) in [5.41, 5.74) is 0.948. The molecule has 0 aromatic carbocycles. The van der Waals surface area contributed by atoms with Crippen LogP contribution in [-0.4, -0.2) is 53.2 Å². The standard InChI is InChI=1S/C16H23N7/c1-12-9-17-10-15(19-12)23-8-4-5-13(11-23)20-14-6-7-18-16(21-14)22(2)3/h6-7,9-10,13H,4-5,8,11H2,1-3H3,(H,18,20,21). The van der Waals surface area contributed by atoms with Crippen LogP contribution in [0.4, 0.5) is 17.6 Å². The van der Waals surface area contributed by atoms with E-state index in [1.165, 1.54) is 0 Å². The van der Waals surface area contributed by atoms with E-state index in [1.807, 2.05) is 38.2 Å². The van der Waals surface area contributed by atoms with Gasteiger partial charge in [-0.15, -0.1) is 0 Å². The lowest BCUT2D eigenvalue weighted by Crippen LogP contribution is -2.42. The van der Waals surface area contributed by atoms with Gasteiger partial charge in [0.15, 0.2) is 0 Å². The predicted octanol–water partition coefficient (Wildman–Crippen LogP) is 1.72. The number of piperidine rings is 1. The van der Waals surface area contributed by atoms with Crippen LogP contribution in [0.2, 0.25) is 0 Å². The van der Waals surface area contributed by atoms with Crippen molar-refractivity contribution >= 4 is 17.6 Å². The Morgan fingerprint density at radius 3 is 2.91 bits per heavy atom. The normalized spacial score (nSPS) is 17.9. The van der Waals surface area contributed by atoms with Crippen molar-refractivity contribution in [3.63, 3.8) is 0 Å². The van der Waals surface area contributed by atoms with Gasteiger partial charge in [0.25, 0.3) is 0 Å². The molecule has 1 aliphatic rings. The van der Waals surface area contributed by atoms with E-state index in [4.69, 9.17) is 0 Å². The van der Waals surface area contributed by atoms with Crippen molar-refractivity contribution in [3.05, 3.63) is 30.4 Å². The first-order chi connectivity index (χ1) is 11.1. The quantitative estimate of drug-likeness (QED) is 0.921. The molecule has 0 amide bonds. The van der Waals surface area contributed by atoms with Gasteiger partial charge in [-0.25, -0.2) is 9.97 Å². The zero-order valence-electron chi connectivity index (χ0n) is 13.9. The molecule has 0 saturated carbocycles. The van der Waals surface area contributed by atoms with Crippen molar-refractivity contribution < 1.29 is 0 Å². The van der Waals surface area contributed by atoms with Crippen LogP contribution in [-0.2, 0) is 0 Å². The molecule has 7 heteroatoms. The van der Waals surface area contributed by atoms with Gasteiger partial charge in [-0.3, -0.25) is 4.98 Å². The van der Waals surface area contributed by atoms with E-state index < -0.39 is 0 Å². The SMILES string of the molecule is Cc1cncc(N2CCCC(Nc3ccnc(N(C)C)n3)C2)n1. The number of rotatable bonds is 4. The fourth-order valence-electron chi connectivity index (χ4n) is 2.76. The fourth-order valence-corrected chi connectivity index (χ4v) is 2.76. The summed E-state index contributed by atoms with van der Waals surface area (Å²) in [5, 5.41) is 3.52. The molecular weight excluding hydrogens is 290 g/mol. The van der Waals surface area contributed by atoms with Crippen LogP contribution in [0.3, 0.4) is 0 Å². The number of aromatic nitrogens is 4. The Balaban J connectivity index is 1.68. The second kappa shape index (κ2) is 6.76. The number of hydrogen-bond acceptors (Lipinski definition) is 7. The largest absolute Gasteiger partial charge is 0.365 e. The molecule has 2 aromatic heterocycles. The number of anilines is 3. The van der Waals surface area contributed by atoms with E-state index >= 15 is 0 Å². The van der Waals surface area contributed by atoms with Crippen LogP contribution in [0.15, 0.2) is 24.7 Å². The molecule has 1 unspecified atom stereocenters. The molecule has 1 aliphatic heterocycles. The smallest absolute Gasteiger partial charge is 0.226 e. The first-order valence-electron chi connectivity index (χ1n) is 7.92. The Hall–Kier alpha value is -2.44. The second-order valence-electron chi connectivity index (χ2n) is 6.08. The Morgan fingerprint density at radius 2 is 2.13 bits per heavy atom. The third kappa shape index (κ3) is 3.85. The van der Waals surface area contributed by atoms with E-state index in [9.17, 15) is 0 Å². The van der Waals surface area contributed by atoms with E-state index in [1.54, 1.807) is 12.4 Å². The van der Waals surface area contributed by atoms with Crippen LogP contribution in [0.5, 0.6) is 0 Å². The molecule has 1 fully saturated rings. The summed E-state index contributed by atoms with van der Waals surface area (Å²) >= 11 is 0. The van der Waals surface area contributed by atoms with Gasteiger partial charge in [0, 0.05) is 45.6 Å². The molecule has 3 rings (SSSR count). The maximum atomic E-state index is 4.58. The van der Waals surface area contributed by atoms with Crippen LogP contribution >= 0.6 is 0 Å². The van der Waals surface area contributed by atoms with Gasteiger partial charge in [-0.2, -0.15) is 4.98 Å². The molecular formula is C16H23N7. The van der Waals surface area contributed by atoms with Crippen LogP contribution < -0.4 is 15.1 Å². The zero-order valence-corrected chi connectivity index (χ0v) is 13.9. The Kier molecular flexibility index (Phi) is 4.55. The van der Waals surface area contributed by atoms with E-state index in [0.29, 0.717) is 12.0 Å². The summed E-state index contributed by atoms with van der Waals surface area (Å²) in [4.78, 5) is 21.8. The molecule has 7 nitrogen and oxygen atoms in total. The minimum Gasteiger partial charge on any atom is -0.365 e. The van der Waals surface area contributed by atoms with Crippen LogP contribution in [0, 0.1) is 6.92 Å². The lowest BCUT2D eigenvalue weighted by atomic mass is 10.1. The van der Waals surface area contributed by atoms with Crippen LogP contribution in [0.25, 0.3) is 0 Å². The molecule has 0 radical (unpaired) electrons. The third-order valence-electron chi connectivity index (χ3n) is 3.88. The second-order valence-corrected chi connectivity index (χ2v) is 6.08. The van der Waals surface area contributed by atoms with E-state index in [-0.39, 0.29) is 0 Å². The molecule has 0 aliphatic carbocycles. The average Bonchev–Trinajstić information content (AvgIpc) is 2.55. The zero-order chi connectivity index (χ0) is 16.2. The molecule has 122 valence electrons. The highest BCUT2D eigenvalue weighted by molar-refractivity contribution is 5.43. The molecule has 1 saturated heterocycles. The number of nitrogens with one attached hydrogen (secondary N) is 1. The highest BCUT2D eigenvalue weighted by Crippen LogP contribution is 2.20. The molecule has 1 N–H and O–H groups in total. The number of hydrogen-bond donors (Lipinski definition) is 1. The van der Waals surface area contributed by atoms with Crippen molar-refractivity contribution in [2.45, 2.75) is 25.8 Å². The third-order valence-corrected chi connectivity index (χ3v) is 3.88. The highest BCUT2D eigenvalue weighted by atomic mass is 15.3. The maximum absolute atomic E-state index is 4.58. The first-order valence-corrected chi connectivity index (χ1v) is 7.92. The lowest BCUT2D eigenvalue weighted by Gasteiger charge is -2.34. The molecule has 1 atom stereocenters. The molecule has 23 heavy (non-hydrogen) atoms. The van der Waals surface area contributed by atoms with Crippen molar-refractivity contribution in [2.75, 3.05) is 42.3 Å². The number of nitrogens with zero attached hydrogens (tertiary/aromatic N) is 6.